The number of non-ortho nitro benzene ring substituents is 1. The maximum atomic E-state index is 13.0. The fourth-order valence-electron chi connectivity index (χ4n) is 2.58. The molecule has 0 saturated carbocycles. The number of halogens is 3. The Labute approximate surface area is 156 Å². The van der Waals surface area contributed by atoms with Crippen molar-refractivity contribution in [2.45, 2.75) is 22.9 Å². The quantitative estimate of drug-likeness (QED) is 0.424. The van der Waals surface area contributed by atoms with E-state index in [9.17, 15) is 23.3 Å². The minimum Gasteiger partial charge on any atom is -0.495 e. The van der Waals surface area contributed by atoms with Crippen molar-refractivity contribution < 1.29 is 22.8 Å². The Balaban J connectivity index is 2.20. The van der Waals surface area contributed by atoms with Crippen LogP contribution in [0.25, 0.3) is 10.9 Å². The van der Waals surface area contributed by atoms with E-state index < -0.39 is 16.7 Å². The molecule has 0 amide bonds. The second-order valence-corrected chi connectivity index (χ2v) is 6.74. The molecule has 3 aromatic rings. The molecule has 0 fully saturated rings. The summed E-state index contributed by atoms with van der Waals surface area (Å²) in [5, 5.41) is 11.8. The number of hydrogen-bond acceptors (Lipinski definition) is 5. The van der Waals surface area contributed by atoms with Crippen LogP contribution < -0.4 is 4.74 Å². The standard InChI is InChI=1S/C18H13F3N2O3S/c1-10-6-7-13-16(22-10)14(23(24)25)9-15(26-2)17(13)27-12-5-3-4-11(8-12)18(19,20)21/h3-9H,1-2H3. The molecule has 27 heavy (non-hydrogen) atoms. The molecule has 0 bridgehead atoms. The summed E-state index contributed by atoms with van der Waals surface area (Å²) < 4.78 is 44.2. The number of nitrogens with zero attached hydrogens (tertiary/aromatic N) is 2. The van der Waals surface area contributed by atoms with Crippen molar-refractivity contribution in [2.75, 3.05) is 7.11 Å². The first-order valence-corrected chi connectivity index (χ1v) is 8.50. The van der Waals surface area contributed by atoms with E-state index in [1.165, 1.54) is 25.3 Å². The summed E-state index contributed by atoms with van der Waals surface area (Å²) in [6.07, 6.45) is -4.46. The Morgan fingerprint density at radius 2 is 1.93 bits per heavy atom. The van der Waals surface area contributed by atoms with Gasteiger partial charge in [0.1, 0.15) is 11.3 Å². The molecule has 1 heterocycles. The molecule has 0 saturated heterocycles. The Bertz CT molecular complexity index is 1040. The highest BCUT2D eigenvalue weighted by atomic mass is 32.2. The van der Waals surface area contributed by atoms with Gasteiger partial charge >= 0.3 is 6.18 Å². The summed E-state index contributed by atoms with van der Waals surface area (Å²) >= 11 is 1.04. The van der Waals surface area contributed by atoms with Gasteiger partial charge in [0.15, 0.2) is 0 Å². The molecule has 0 aliphatic rings. The van der Waals surface area contributed by atoms with Gasteiger partial charge in [-0.05, 0) is 37.3 Å². The van der Waals surface area contributed by atoms with Gasteiger partial charge in [0.25, 0.3) is 5.69 Å². The summed E-state index contributed by atoms with van der Waals surface area (Å²) in [6.45, 7) is 1.70. The van der Waals surface area contributed by atoms with Gasteiger partial charge in [0.05, 0.1) is 28.6 Å². The lowest BCUT2D eigenvalue weighted by Gasteiger charge is -2.13. The van der Waals surface area contributed by atoms with Crippen molar-refractivity contribution in [3.05, 3.63) is 63.8 Å². The number of aryl methyl sites for hydroxylation is 1. The third kappa shape index (κ3) is 3.82. The van der Waals surface area contributed by atoms with E-state index in [0.29, 0.717) is 20.9 Å². The predicted molar refractivity (Wildman–Crippen MR) is 95.3 cm³/mol. The summed E-state index contributed by atoms with van der Waals surface area (Å²) in [5.41, 5.74) is -0.244. The van der Waals surface area contributed by atoms with Crippen molar-refractivity contribution in [2.24, 2.45) is 0 Å². The van der Waals surface area contributed by atoms with Crippen LogP contribution in [0.1, 0.15) is 11.3 Å². The van der Waals surface area contributed by atoms with Crippen LogP contribution >= 0.6 is 11.8 Å². The number of methoxy groups -OCH3 is 1. The molecule has 2 aromatic carbocycles. The number of nitro benzene ring substituents is 1. The lowest BCUT2D eigenvalue weighted by atomic mass is 10.1. The van der Waals surface area contributed by atoms with Crippen LogP contribution in [0.4, 0.5) is 18.9 Å². The van der Waals surface area contributed by atoms with E-state index >= 15 is 0 Å². The maximum absolute atomic E-state index is 13.0. The molecule has 0 aliphatic heterocycles. The topological polar surface area (TPSA) is 65.3 Å². The minimum atomic E-state index is -4.46. The largest absolute Gasteiger partial charge is 0.495 e. The van der Waals surface area contributed by atoms with Gasteiger partial charge < -0.3 is 4.74 Å². The van der Waals surface area contributed by atoms with Gasteiger partial charge in [-0.2, -0.15) is 13.2 Å². The van der Waals surface area contributed by atoms with Crippen molar-refractivity contribution in [3.8, 4) is 5.75 Å². The molecular formula is C18H13F3N2O3S. The molecule has 1 aromatic heterocycles. The SMILES string of the molecule is COc1cc([N+](=O)[O-])c2nc(C)ccc2c1Sc1cccc(C(F)(F)F)c1. The molecule has 0 unspecified atom stereocenters. The molecule has 0 aliphatic carbocycles. The average Bonchev–Trinajstić information content (AvgIpc) is 2.61. The van der Waals surface area contributed by atoms with Gasteiger partial charge in [-0.3, -0.25) is 10.1 Å². The average molecular weight is 394 g/mol. The second kappa shape index (κ2) is 7.07. The number of rotatable bonds is 4. The molecule has 5 nitrogen and oxygen atoms in total. The van der Waals surface area contributed by atoms with Crippen molar-refractivity contribution in [3.63, 3.8) is 0 Å². The van der Waals surface area contributed by atoms with Crippen LogP contribution in [0.2, 0.25) is 0 Å². The Morgan fingerprint density at radius 3 is 2.56 bits per heavy atom. The van der Waals surface area contributed by atoms with E-state index in [1.807, 2.05) is 0 Å². The van der Waals surface area contributed by atoms with Gasteiger partial charge in [-0.1, -0.05) is 17.8 Å². The van der Waals surface area contributed by atoms with Crippen LogP contribution in [0.15, 0.2) is 52.3 Å². The third-order valence-corrected chi connectivity index (χ3v) is 4.93. The monoisotopic (exact) mass is 394 g/mol. The highest BCUT2D eigenvalue weighted by Crippen LogP contribution is 2.44. The third-order valence-electron chi connectivity index (χ3n) is 3.81. The smallest absolute Gasteiger partial charge is 0.416 e. The first-order valence-electron chi connectivity index (χ1n) is 7.68. The van der Waals surface area contributed by atoms with Crippen LogP contribution in [-0.4, -0.2) is 17.0 Å². The zero-order valence-corrected chi connectivity index (χ0v) is 15.0. The molecule has 0 atom stereocenters. The highest BCUT2D eigenvalue weighted by molar-refractivity contribution is 7.99. The summed E-state index contributed by atoms with van der Waals surface area (Å²) in [4.78, 5) is 15.9. The first-order chi connectivity index (χ1) is 12.7. The lowest BCUT2D eigenvalue weighted by molar-refractivity contribution is -0.383. The maximum Gasteiger partial charge on any atom is 0.416 e. The minimum absolute atomic E-state index is 0.162. The van der Waals surface area contributed by atoms with Crippen LogP contribution in [-0.2, 0) is 6.18 Å². The Hall–Kier alpha value is -2.81. The van der Waals surface area contributed by atoms with Crippen molar-refractivity contribution in [1.82, 2.24) is 4.98 Å². The normalized spacial score (nSPS) is 11.6. The number of pyridine rings is 1. The van der Waals surface area contributed by atoms with Gasteiger partial charge in [0.2, 0.25) is 0 Å². The molecule has 0 spiro atoms. The molecule has 9 heteroatoms. The predicted octanol–water partition coefficient (Wildman–Crippen LogP) is 5.63. The molecule has 0 radical (unpaired) electrons. The van der Waals surface area contributed by atoms with Gasteiger partial charge in [0, 0.05) is 16.0 Å². The van der Waals surface area contributed by atoms with E-state index in [-0.39, 0.29) is 17.0 Å². The summed E-state index contributed by atoms with van der Waals surface area (Å²) in [5.74, 6) is 0.197. The number of ether oxygens (including phenoxy) is 1. The van der Waals surface area contributed by atoms with E-state index in [4.69, 9.17) is 4.74 Å². The Morgan fingerprint density at radius 1 is 1.19 bits per heavy atom. The number of hydrogen-bond donors (Lipinski definition) is 0. The van der Waals surface area contributed by atoms with Crippen molar-refractivity contribution in [1.29, 1.82) is 0 Å². The number of aromatic nitrogens is 1. The first kappa shape index (κ1) is 19.0. The number of nitro groups is 1. The van der Waals surface area contributed by atoms with Crippen molar-refractivity contribution >= 4 is 28.4 Å². The molecule has 140 valence electrons. The fourth-order valence-corrected chi connectivity index (χ4v) is 3.66. The number of fused-ring (bicyclic) bond motifs is 1. The van der Waals surface area contributed by atoms with E-state index in [1.54, 1.807) is 19.1 Å². The second-order valence-electron chi connectivity index (χ2n) is 5.66. The molecule has 0 N–H and O–H groups in total. The lowest BCUT2D eigenvalue weighted by Crippen LogP contribution is -2.04. The van der Waals surface area contributed by atoms with Crippen LogP contribution in [0, 0.1) is 17.0 Å². The fraction of sp³-hybridized carbons (Fsp3) is 0.167. The summed E-state index contributed by atoms with van der Waals surface area (Å²) in [7, 11) is 1.35. The summed E-state index contributed by atoms with van der Waals surface area (Å²) in [6, 6.07) is 9.44. The Kier molecular flexibility index (Phi) is 4.97. The molecule has 3 rings (SSSR count). The van der Waals surface area contributed by atoms with Crippen LogP contribution in [0.5, 0.6) is 5.75 Å². The van der Waals surface area contributed by atoms with Gasteiger partial charge in [-0.15, -0.1) is 0 Å². The number of benzene rings is 2. The highest BCUT2D eigenvalue weighted by Gasteiger charge is 2.30. The molecular weight excluding hydrogens is 381 g/mol. The number of alkyl halides is 3. The van der Waals surface area contributed by atoms with Crippen LogP contribution in [0.3, 0.4) is 0 Å². The zero-order chi connectivity index (χ0) is 19.8. The zero-order valence-electron chi connectivity index (χ0n) is 14.2. The van der Waals surface area contributed by atoms with E-state index in [0.717, 1.165) is 23.9 Å². The van der Waals surface area contributed by atoms with Gasteiger partial charge in [-0.25, -0.2) is 4.98 Å². The van der Waals surface area contributed by atoms with E-state index in [2.05, 4.69) is 4.98 Å².